The molecule has 0 amide bonds. The summed E-state index contributed by atoms with van der Waals surface area (Å²) < 4.78 is 6.95. The zero-order valence-corrected chi connectivity index (χ0v) is 12.5. The Bertz CT molecular complexity index is 588. The Balaban J connectivity index is 1.99. The molecule has 2 unspecified atom stereocenters. The number of hydrogen-bond acceptors (Lipinski definition) is 5. The Morgan fingerprint density at radius 3 is 3.11 bits per heavy atom. The molecule has 0 radical (unpaired) electrons. The lowest BCUT2D eigenvalue weighted by atomic mass is 10.2. The van der Waals surface area contributed by atoms with E-state index in [1.54, 1.807) is 17.7 Å². The Morgan fingerprint density at radius 1 is 1.47 bits per heavy atom. The number of fused-ring (bicyclic) bond motifs is 1. The van der Waals surface area contributed by atoms with Gasteiger partial charge in [-0.15, -0.1) is 22.9 Å². The van der Waals surface area contributed by atoms with E-state index in [0.29, 0.717) is 5.88 Å². The van der Waals surface area contributed by atoms with Crippen LogP contribution in [-0.4, -0.2) is 41.1 Å². The van der Waals surface area contributed by atoms with Crippen molar-refractivity contribution >= 4 is 39.0 Å². The van der Waals surface area contributed by atoms with E-state index < -0.39 is 0 Å². The minimum absolute atomic E-state index is 0.0662. The van der Waals surface area contributed by atoms with Crippen molar-refractivity contribution in [2.75, 3.05) is 23.9 Å². The van der Waals surface area contributed by atoms with Crippen molar-refractivity contribution in [3.63, 3.8) is 0 Å². The Kier molecular flexibility index (Phi) is 3.60. The molecule has 2 aromatic heterocycles. The summed E-state index contributed by atoms with van der Waals surface area (Å²) in [7, 11) is 0. The zero-order valence-electron chi connectivity index (χ0n) is 11.0. The van der Waals surface area contributed by atoms with E-state index in [-0.39, 0.29) is 12.2 Å². The summed E-state index contributed by atoms with van der Waals surface area (Å²) in [5, 5.41) is 2.13. The number of rotatable bonds is 2. The van der Waals surface area contributed by atoms with Crippen molar-refractivity contribution in [3.8, 4) is 0 Å². The lowest BCUT2D eigenvalue weighted by Crippen LogP contribution is -2.47. The van der Waals surface area contributed by atoms with Gasteiger partial charge in [0.2, 0.25) is 0 Å². The molecule has 3 rings (SSSR count). The van der Waals surface area contributed by atoms with Crippen molar-refractivity contribution in [2.24, 2.45) is 0 Å². The highest BCUT2D eigenvalue weighted by Gasteiger charge is 2.27. The standard InChI is InChI=1S/C13H16ClN3OS/c1-8-6-19-12-11(8)15-7-16-13(12)17-4-9(2)18-10(3-14)5-17/h6-7,9-10H,3-5H2,1-2H3. The molecule has 0 aliphatic carbocycles. The lowest BCUT2D eigenvalue weighted by molar-refractivity contribution is -0.00347. The third-order valence-corrected chi connectivity index (χ3v) is 4.74. The molecule has 0 aromatic carbocycles. The molecule has 1 saturated heterocycles. The number of aryl methyl sites for hydroxylation is 1. The second-order valence-electron chi connectivity index (χ2n) is 4.92. The minimum atomic E-state index is 0.0662. The largest absolute Gasteiger partial charge is 0.370 e. The normalized spacial score (nSPS) is 24.1. The van der Waals surface area contributed by atoms with E-state index in [1.165, 1.54) is 5.56 Å². The minimum Gasteiger partial charge on any atom is -0.370 e. The Labute approximate surface area is 121 Å². The van der Waals surface area contributed by atoms with Crippen LogP contribution in [0.25, 0.3) is 10.2 Å². The van der Waals surface area contributed by atoms with Crippen molar-refractivity contribution in [1.82, 2.24) is 9.97 Å². The number of alkyl halides is 1. The highest BCUT2D eigenvalue weighted by Crippen LogP contribution is 2.32. The van der Waals surface area contributed by atoms with Crippen molar-refractivity contribution < 1.29 is 4.74 Å². The first-order valence-corrected chi connectivity index (χ1v) is 7.75. The van der Waals surface area contributed by atoms with Crippen LogP contribution in [0.15, 0.2) is 11.7 Å². The van der Waals surface area contributed by atoms with Crippen LogP contribution in [0.3, 0.4) is 0 Å². The predicted octanol–water partition coefficient (Wildman–Crippen LogP) is 2.83. The molecule has 1 fully saturated rings. The first-order chi connectivity index (χ1) is 9.19. The molecule has 2 aromatic rings. The Morgan fingerprint density at radius 2 is 2.32 bits per heavy atom. The number of halogens is 1. The summed E-state index contributed by atoms with van der Waals surface area (Å²) in [6.45, 7) is 5.79. The topological polar surface area (TPSA) is 38.2 Å². The summed E-state index contributed by atoms with van der Waals surface area (Å²) in [5.41, 5.74) is 2.26. The smallest absolute Gasteiger partial charge is 0.150 e. The first-order valence-electron chi connectivity index (χ1n) is 6.34. The molecule has 102 valence electrons. The van der Waals surface area contributed by atoms with Crippen LogP contribution in [0.2, 0.25) is 0 Å². The second kappa shape index (κ2) is 5.23. The number of hydrogen-bond donors (Lipinski definition) is 0. The average molecular weight is 298 g/mol. The molecule has 1 aliphatic heterocycles. The summed E-state index contributed by atoms with van der Waals surface area (Å²) in [5.74, 6) is 1.52. The first kappa shape index (κ1) is 13.1. The maximum atomic E-state index is 5.94. The fraction of sp³-hybridized carbons (Fsp3) is 0.538. The van der Waals surface area contributed by atoms with Crippen LogP contribution >= 0.6 is 22.9 Å². The molecule has 1 aliphatic rings. The van der Waals surface area contributed by atoms with Crippen LogP contribution in [0.1, 0.15) is 12.5 Å². The number of morpholine rings is 1. The van der Waals surface area contributed by atoms with Gasteiger partial charge in [-0.2, -0.15) is 0 Å². The van der Waals surface area contributed by atoms with Gasteiger partial charge in [0.25, 0.3) is 0 Å². The van der Waals surface area contributed by atoms with Gasteiger partial charge in [0.1, 0.15) is 12.1 Å². The molecule has 0 N–H and O–H groups in total. The second-order valence-corrected chi connectivity index (χ2v) is 6.11. The predicted molar refractivity (Wildman–Crippen MR) is 79.4 cm³/mol. The van der Waals surface area contributed by atoms with E-state index in [9.17, 15) is 0 Å². The molecule has 0 saturated carbocycles. The van der Waals surface area contributed by atoms with Gasteiger partial charge in [0.15, 0.2) is 0 Å². The lowest BCUT2D eigenvalue weighted by Gasteiger charge is -2.36. The van der Waals surface area contributed by atoms with Gasteiger partial charge in [-0.25, -0.2) is 9.97 Å². The van der Waals surface area contributed by atoms with Crippen LogP contribution in [0, 0.1) is 6.92 Å². The molecular weight excluding hydrogens is 282 g/mol. The van der Waals surface area contributed by atoms with E-state index in [2.05, 4.69) is 34.1 Å². The maximum Gasteiger partial charge on any atom is 0.150 e. The molecule has 0 spiro atoms. The number of thiophene rings is 1. The molecule has 19 heavy (non-hydrogen) atoms. The molecule has 0 bridgehead atoms. The number of anilines is 1. The van der Waals surface area contributed by atoms with Crippen molar-refractivity contribution in [2.45, 2.75) is 26.1 Å². The Hall–Kier alpha value is -0.910. The zero-order chi connectivity index (χ0) is 13.4. The maximum absolute atomic E-state index is 5.94. The van der Waals surface area contributed by atoms with Gasteiger partial charge in [-0.05, 0) is 24.8 Å². The van der Waals surface area contributed by atoms with Crippen LogP contribution in [0.5, 0.6) is 0 Å². The van der Waals surface area contributed by atoms with Crippen LogP contribution in [0.4, 0.5) is 5.82 Å². The monoisotopic (exact) mass is 297 g/mol. The SMILES string of the molecule is Cc1csc2c(N3CC(C)OC(CCl)C3)ncnc12. The molecule has 2 atom stereocenters. The van der Waals surface area contributed by atoms with E-state index in [1.807, 2.05) is 0 Å². The average Bonchev–Trinajstić information content (AvgIpc) is 2.80. The van der Waals surface area contributed by atoms with E-state index >= 15 is 0 Å². The van der Waals surface area contributed by atoms with Crippen LogP contribution in [-0.2, 0) is 4.74 Å². The van der Waals surface area contributed by atoms with Gasteiger partial charge in [0, 0.05) is 13.1 Å². The van der Waals surface area contributed by atoms with Gasteiger partial charge in [-0.1, -0.05) is 0 Å². The third-order valence-electron chi connectivity index (χ3n) is 3.31. The summed E-state index contributed by atoms with van der Waals surface area (Å²) in [4.78, 5) is 11.1. The number of nitrogens with zero attached hydrogens (tertiary/aromatic N) is 3. The highest BCUT2D eigenvalue weighted by atomic mass is 35.5. The quantitative estimate of drug-likeness (QED) is 0.799. The fourth-order valence-electron chi connectivity index (χ4n) is 2.49. The van der Waals surface area contributed by atoms with Crippen molar-refractivity contribution in [1.29, 1.82) is 0 Å². The molecule has 6 heteroatoms. The van der Waals surface area contributed by atoms with Gasteiger partial charge < -0.3 is 9.64 Å². The number of aromatic nitrogens is 2. The fourth-order valence-corrected chi connectivity index (χ4v) is 3.67. The summed E-state index contributed by atoms with van der Waals surface area (Å²) in [6.07, 6.45) is 1.88. The van der Waals surface area contributed by atoms with E-state index in [0.717, 1.165) is 29.1 Å². The summed E-state index contributed by atoms with van der Waals surface area (Å²) in [6, 6.07) is 0. The van der Waals surface area contributed by atoms with E-state index in [4.69, 9.17) is 16.3 Å². The van der Waals surface area contributed by atoms with Crippen LogP contribution < -0.4 is 4.90 Å². The number of ether oxygens (including phenoxy) is 1. The highest BCUT2D eigenvalue weighted by molar-refractivity contribution is 7.18. The van der Waals surface area contributed by atoms with Gasteiger partial charge in [0.05, 0.1) is 28.3 Å². The molecule has 4 nitrogen and oxygen atoms in total. The summed E-state index contributed by atoms with van der Waals surface area (Å²) >= 11 is 7.64. The third kappa shape index (κ3) is 2.42. The van der Waals surface area contributed by atoms with Gasteiger partial charge in [-0.3, -0.25) is 0 Å². The van der Waals surface area contributed by atoms with Crippen molar-refractivity contribution in [3.05, 3.63) is 17.3 Å². The molecule has 3 heterocycles. The van der Waals surface area contributed by atoms with Gasteiger partial charge >= 0.3 is 0 Å². The molecular formula is C13H16ClN3OS.